The fourth-order valence-corrected chi connectivity index (χ4v) is 1.79. The summed E-state index contributed by atoms with van der Waals surface area (Å²) in [7, 11) is 3.13. The Hall–Kier alpha value is -2.36. The number of esters is 1. The fraction of sp³-hybridized carbons (Fsp3) is 0.143. The van der Waals surface area contributed by atoms with Gasteiger partial charge in [-0.25, -0.2) is 4.79 Å². The molecule has 1 N–H and O–H groups in total. The monoisotopic (exact) mass is 242 g/mol. The quantitative estimate of drug-likeness (QED) is 0.840. The summed E-state index contributed by atoms with van der Waals surface area (Å²) >= 11 is 0. The van der Waals surface area contributed by atoms with Crippen LogP contribution in [0.2, 0.25) is 0 Å². The SMILES string of the molecule is CNc1ccnc(-c2ccccc2)c1C(=O)OC. The lowest BCUT2D eigenvalue weighted by atomic mass is 10.0. The van der Waals surface area contributed by atoms with Crippen molar-refractivity contribution in [1.29, 1.82) is 0 Å². The van der Waals surface area contributed by atoms with E-state index in [0.29, 0.717) is 16.9 Å². The number of carbonyl (C=O) groups is 1. The molecule has 1 aromatic heterocycles. The number of aromatic nitrogens is 1. The molecular weight excluding hydrogens is 228 g/mol. The maximum absolute atomic E-state index is 11.9. The molecule has 0 radical (unpaired) electrons. The number of nitrogens with zero attached hydrogens (tertiary/aromatic N) is 1. The van der Waals surface area contributed by atoms with Crippen LogP contribution in [0.1, 0.15) is 10.4 Å². The van der Waals surface area contributed by atoms with Crippen LogP contribution in [0.5, 0.6) is 0 Å². The summed E-state index contributed by atoms with van der Waals surface area (Å²) < 4.78 is 4.82. The number of benzene rings is 1. The molecule has 4 nitrogen and oxygen atoms in total. The molecule has 0 saturated carbocycles. The van der Waals surface area contributed by atoms with Gasteiger partial charge in [-0.15, -0.1) is 0 Å². The van der Waals surface area contributed by atoms with Crippen LogP contribution in [0.15, 0.2) is 42.6 Å². The van der Waals surface area contributed by atoms with Crippen LogP contribution in [-0.4, -0.2) is 25.1 Å². The molecule has 4 heteroatoms. The number of nitrogens with one attached hydrogen (secondary N) is 1. The first kappa shape index (κ1) is 12.1. The molecule has 2 aromatic rings. The molecular formula is C14H14N2O2. The molecule has 0 atom stereocenters. The summed E-state index contributed by atoms with van der Waals surface area (Å²) in [4.78, 5) is 16.2. The van der Waals surface area contributed by atoms with Crippen LogP contribution in [0.4, 0.5) is 5.69 Å². The van der Waals surface area contributed by atoms with Gasteiger partial charge < -0.3 is 10.1 Å². The van der Waals surface area contributed by atoms with Crippen molar-refractivity contribution in [2.24, 2.45) is 0 Å². The summed E-state index contributed by atoms with van der Waals surface area (Å²) in [6, 6.07) is 11.3. The van der Waals surface area contributed by atoms with Crippen LogP contribution in [0.3, 0.4) is 0 Å². The van der Waals surface area contributed by atoms with E-state index in [2.05, 4.69) is 10.3 Å². The third-order valence-corrected chi connectivity index (χ3v) is 2.66. The zero-order valence-electron chi connectivity index (χ0n) is 10.3. The molecule has 1 heterocycles. The van der Waals surface area contributed by atoms with Crippen molar-refractivity contribution in [2.75, 3.05) is 19.5 Å². The average Bonchev–Trinajstić information content (AvgIpc) is 2.46. The summed E-state index contributed by atoms with van der Waals surface area (Å²) in [5, 5.41) is 2.98. The molecule has 0 aliphatic heterocycles. The lowest BCUT2D eigenvalue weighted by Gasteiger charge is -2.11. The van der Waals surface area contributed by atoms with Gasteiger partial charge in [0.05, 0.1) is 18.5 Å². The normalized spacial score (nSPS) is 9.89. The summed E-state index contributed by atoms with van der Waals surface area (Å²) in [5.41, 5.74) is 2.66. The van der Waals surface area contributed by atoms with Gasteiger partial charge in [0.1, 0.15) is 5.56 Å². The van der Waals surface area contributed by atoms with Crippen LogP contribution in [0.25, 0.3) is 11.3 Å². The molecule has 0 aliphatic carbocycles. The van der Waals surface area contributed by atoms with E-state index in [1.54, 1.807) is 19.3 Å². The lowest BCUT2D eigenvalue weighted by Crippen LogP contribution is -2.09. The highest BCUT2D eigenvalue weighted by atomic mass is 16.5. The van der Waals surface area contributed by atoms with Crippen molar-refractivity contribution in [3.8, 4) is 11.3 Å². The molecule has 18 heavy (non-hydrogen) atoms. The molecule has 0 amide bonds. The van der Waals surface area contributed by atoms with Crippen molar-refractivity contribution >= 4 is 11.7 Å². The highest BCUT2D eigenvalue weighted by Gasteiger charge is 2.18. The first-order chi connectivity index (χ1) is 8.77. The first-order valence-corrected chi connectivity index (χ1v) is 5.58. The number of ether oxygens (including phenoxy) is 1. The third-order valence-electron chi connectivity index (χ3n) is 2.66. The van der Waals surface area contributed by atoms with E-state index < -0.39 is 5.97 Å². The van der Waals surface area contributed by atoms with Crippen LogP contribution in [-0.2, 0) is 4.74 Å². The standard InChI is InChI=1S/C14H14N2O2/c1-15-11-8-9-16-13(12(11)14(17)18-2)10-6-4-3-5-7-10/h3-9H,1-2H3,(H,15,16). The Morgan fingerprint density at radius 2 is 1.94 bits per heavy atom. The number of hydrogen-bond acceptors (Lipinski definition) is 4. The highest BCUT2D eigenvalue weighted by Crippen LogP contribution is 2.27. The molecule has 1 aromatic carbocycles. The van der Waals surface area contributed by atoms with Crippen molar-refractivity contribution in [3.63, 3.8) is 0 Å². The second kappa shape index (κ2) is 5.31. The van der Waals surface area contributed by atoms with E-state index in [1.807, 2.05) is 30.3 Å². The average molecular weight is 242 g/mol. The Morgan fingerprint density at radius 3 is 2.56 bits per heavy atom. The van der Waals surface area contributed by atoms with Crippen LogP contribution >= 0.6 is 0 Å². The first-order valence-electron chi connectivity index (χ1n) is 5.58. The fourth-order valence-electron chi connectivity index (χ4n) is 1.79. The van der Waals surface area contributed by atoms with Gasteiger partial charge in [-0.1, -0.05) is 30.3 Å². The van der Waals surface area contributed by atoms with Crippen molar-refractivity contribution in [3.05, 3.63) is 48.2 Å². The van der Waals surface area contributed by atoms with E-state index in [-0.39, 0.29) is 0 Å². The van der Waals surface area contributed by atoms with Gasteiger partial charge in [-0.3, -0.25) is 4.98 Å². The molecule has 0 fully saturated rings. The number of hydrogen-bond donors (Lipinski definition) is 1. The predicted octanol–water partition coefficient (Wildman–Crippen LogP) is 2.58. The highest BCUT2D eigenvalue weighted by molar-refractivity contribution is 6.01. The molecule has 0 bridgehead atoms. The van der Waals surface area contributed by atoms with Crippen LogP contribution in [0, 0.1) is 0 Å². The van der Waals surface area contributed by atoms with Crippen molar-refractivity contribution < 1.29 is 9.53 Å². The maximum atomic E-state index is 11.9. The maximum Gasteiger partial charge on any atom is 0.342 e. The third kappa shape index (κ3) is 2.18. The van der Waals surface area contributed by atoms with E-state index in [9.17, 15) is 4.79 Å². The molecule has 0 aliphatic rings. The number of anilines is 1. The van der Waals surface area contributed by atoms with E-state index in [0.717, 1.165) is 5.56 Å². The minimum atomic E-state index is -0.397. The largest absolute Gasteiger partial charge is 0.465 e. The van der Waals surface area contributed by atoms with E-state index in [1.165, 1.54) is 7.11 Å². The molecule has 0 unspecified atom stereocenters. The summed E-state index contributed by atoms with van der Waals surface area (Å²) in [6.45, 7) is 0. The van der Waals surface area contributed by atoms with E-state index >= 15 is 0 Å². The second-order valence-electron chi connectivity index (χ2n) is 3.69. The summed E-state index contributed by atoms with van der Waals surface area (Å²) in [5.74, 6) is -0.397. The minimum absolute atomic E-state index is 0.397. The Bertz CT molecular complexity index is 553. The zero-order chi connectivity index (χ0) is 13.0. The van der Waals surface area contributed by atoms with Gasteiger partial charge in [0.15, 0.2) is 0 Å². The predicted molar refractivity (Wildman–Crippen MR) is 70.6 cm³/mol. The number of pyridine rings is 1. The van der Waals surface area contributed by atoms with Crippen molar-refractivity contribution in [1.82, 2.24) is 4.98 Å². The molecule has 92 valence electrons. The molecule has 0 spiro atoms. The number of rotatable bonds is 3. The Morgan fingerprint density at radius 1 is 1.22 bits per heavy atom. The Labute approximate surface area is 106 Å². The van der Waals surface area contributed by atoms with Gasteiger partial charge >= 0.3 is 5.97 Å². The smallest absolute Gasteiger partial charge is 0.342 e. The van der Waals surface area contributed by atoms with Gasteiger partial charge in [0.2, 0.25) is 0 Å². The number of carbonyl (C=O) groups excluding carboxylic acids is 1. The lowest BCUT2D eigenvalue weighted by molar-refractivity contribution is 0.0602. The number of methoxy groups -OCH3 is 1. The molecule has 2 rings (SSSR count). The van der Waals surface area contributed by atoms with E-state index in [4.69, 9.17) is 4.74 Å². The Kier molecular flexibility index (Phi) is 3.57. The topological polar surface area (TPSA) is 51.2 Å². The van der Waals surface area contributed by atoms with Gasteiger partial charge in [0.25, 0.3) is 0 Å². The Balaban J connectivity index is 2.64. The zero-order valence-corrected chi connectivity index (χ0v) is 10.3. The summed E-state index contributed by atoms with van der Waals surface area (Å²) in [6.07, 6.45) is 1.67. The minimum Gasteiger partial charge on any atom is -0.465 e. The van der Waals surface area contributed by atoms with Crippen LogP contribution < -0.4 is 5.32 Å². The second-order valence-corrected chi connectivity index (χ2v) is 3.69. The van der Waals surface area contributed by atoms with Crippen molar-refractivity contribution in [2.45, 2.75) is 0 Å². The van der Waals surface area contributed by atoms with Gasteiger partial charge in [-0.2, -0.15) is 0 Å². The van der Waals surface area contributed by atoms with Gasteiger partial charge in [0, 0.05) is 18.8 Å². The van der Waals surface area contributed by atoms with Gasteiger partial charge in [-0.05, 0) is 6.07 Å². The molecule has 0 saturated heterocycles.